The van der Waals surface area contributed by atoms with Crippen LogP contribution >= 0.6 is 0 Å². The van der Waals surface area contributed by atoms with Gasteiger partial charge in [-0.05, 0) is 50.1 Å². The first kappa shape index (κ1) is 25.0. The SMILES string of the molecule is COC(=O)C(C)(C)Cc1c(C(=O)C(C)(C)C)c2cc(=O)ccn2/c1=C(/O)c1ccc(OC)cc1. The highest BCUT2D eigenvalue weighted by Gasteiger charge is 2.36. The van der Waals surface area contributed by atoms with E-state index >= 15 is 0 Å². The maximum absolute atomic E-state index is 13.7. The van der Waals surface area contributed by atoms with Gasteiger partial charge in [-0.3, -0.25) is 14.4 Å². The molecule has 0 atom stereocenters. The lowest BCUT2D eigenvalue weighted by molar-refractivity contribution is -0.150. The van der Waals surface area contributed by atoms with Crippen molar-refractivity contribution in [2.75, 3.05) is 14.2 Å². The van der Waals surface area contributed by atoms with Gasteiger partial charge >= 0.3 is 5.97 Å². The van der Waals surface area contributed by atoms with Crippen molar-refractivity contribution in [2.45, 2.75) is 41.0 Å². The quantitative estimate of drug-likeness (QED) is 0.441. The first-order valence-corrected chi connectivity index (χ1v) is 11.0. The van der Waals surface area contributed by atoms with Crippen molar-refractivity contribution in [3.8, 4) is 5.75 Å². The van der Waals surface area contributed by atoms with Crippen LogP contribution in [0.1, 0.15) is 56.1 Å². The molecule has 0 radical (unpaired) electrons. The molecule has 0 amide bonds. The Morgan fingerprint density at radius 2 is 1.62 bits per heavy atom. The zero-order valence-corrected chi connectivity index (χ0v) is 20.7. The van der Waals surface area contributed by atoms with Crippen LogP contribution in [-0.4, -0.2) is 35.5 Å². The van der Waals surface area contributed by atoms with E-state index in [1.807, 2.05) is 0 Å². The first-order valence-electron chi connectivity index (χ1n) is 11.0. The topological polar surface area (TPSA) is 94.3 Å². The van der Waals surface area contributed by atoms with Gasteiger partial charge in [0.2, 0.25) is 0 Å². The number of aliphatic hydroxyl groups excluding tert-OH is 1. The molecule has 180 valence electrons. The molecule has 0 aliphatic heterocycles. The van der Waals surface area contributed by atoms with Gasteiger partial charge in [0.25, 0.3) is 0 Å². The van der Waals surface area contributed by atoms with E-state index < -0.39 is 16.8 Å². The van der Waals surface area contributed by atoms with E-state index in [9.17, 15) is 19.5 Å². The number of methoxy groups -OCH3 is 2. The summed E-state index contributed by atoms with van der Waals surface area (Å²) in [5.74, 6) is -0.0977. The molecular weight excluding hydrogens is 434 g/mol. The number of hydrogen-bond acceptors (Lipinski definition) is 6. The van der Waals surface area contributed by atoms with Crippen LogP contribution < -0.4 is 15.5 Å². The normalized spacial score (nSPS) is 13.0. The van der Waals surface area contributed by atoms with Crippen LogP contribution in [0.15, 0.2) is 47.4 Å². The summed E-state index contributed by atoms with van der Waals surface area (Å²) >= 11 is 0. The Bertz CT molecular complexity index is 1360. The molecule has 3 aromatic rings. The number of carbonyl (C=O) groups excluding carboxylic acids is 2. The molecule has 0 fully saturated rings. The monoisotopic (exact) mass is 465 g/mol. The molecule has 0 aliphatic rings. The van der Waals surface area contributed by atoms with Crippen LogP contribution in [-0.2, 0) is 16.0 Å². The molecule has 3 rings (SSSR count). The third-order valence-corrected chi connectivity index (χ3v) is 5.86. The molecule has 0 saturated carbocycles. The van der Waals surface area contributed by atoms with Crippen LogP contribution in [0, 0.1) is 10.8 Å². The van der Waals surface area contributed by atoms with Crippen LogP contribution in [0.3, 0.4) is 0 Å². The largest absolute Gasteiger partial charge is 0.505 e. The molecule has 0 spiro atoms. The number of aromatic nitrogens is 1. The second-order valence-electron chi connectivity index (χ2n) is 10.0. The fourth-order valence-electron chi connectivity index (χ4n) is 4.02. The molecule has 0 aliphatic carbocycles. The average Bonchev–Trinajstić information content (AvgIpc) is 3.08. The summed E-state index contributed by atoms with van der Waals surface area (Å²) in [7, 11) is 2.87. The highest BCUT2D eigenvalue weighted by Crippen LogP contribution is 2.31. The Balaban J connectivity index is 2.51. The van der Waals surface area contributed by atoms with Crippen molar-refractivity contribution in [3.05, 3.63) is 74.9 Å². The van der Waals surface area contributed by atoms with Crippen molar-refractivity contribution >= 4 is 23.0 Å². The summed E-state index contributed by atoms with van der Waals surface area (Å²) in [5.41, 5.74) is -0.343. The lowest BCUT2D eigenvalue weighted by atomic mass is 9.80. The maximum atomic E-state index is 13.7. The van der Waals surface area contributed by atoms with Gasteiger partial charge in [0.05, 0.1) is 30.5 Å². The maximum Gasteiger partial charge on any atom is 0.311 e. The van der Waals surface area contributed by atoms with E-state index in [2.05, 4.69) is 0 Å². The minimum atomic E-state index is -0.998. The van der Waals surface area contributed by atoms with E-state index in [0.717, 1.165) is 0 Å². The molecule has 1 aromatic carbocycles. The van der Waals surface area contributed by atoms with Crippen LogP contribution in [0.4, 0.5) is 0 Å². The van der Waals surface area contributed by atoms with E-state index in [4.69, 9.17) is 9.47 Å². The summed E-state index contributed by atoms with van der Waals surface area (Å²) < 4.78 is 11.8. The zero-order chi connectivity index (χ0) is 25.4. The number of hydrogen-bond donors (Lipinski definition) is 1. The molecule has 2 aromatic heterocycles. The van der Waals surface area contributed by atoms with E-state index in [-0.39, 0.29) is 23.4 Å². The Morgan fingerprint density at radius 3 is 2.15 bits per heavy atom. The Morgan fingerprint density at radius 1 is 1.00 bits per heavy atom. The number of ether oxygens (including phenoxy) is 2. The van der Waals surface area contributed by atoms with Gasteiger partial charge in [0, 0.05) is 34.9 Å². The number of fused-ring (bicyclic) bond motifs is 1. The van der Waals surface area contributed by atoms with Crippen LogP contribution in [0.25, 0.3) is 11.3 Å². The predicted molar refractivity (Wildman–Crippen MR) is 130 cm³/mol. The number of pyridine rings is 1. The molecule has 34 heavy (non-hydrogen) atoms. The highest BCUT2D eigenvalue weighted by molar-refractivity contribution is 6.07. The second kappa shape index (κ2) is 8.97. The number of benzene rings is 1. The standard InChI is InChI=1S/C27H31NO6/c1-26(2,3)24(31)21-19(15-27(4,5)25(32)34-7)22(28-13-12-17(29)14-20(21)28)23(30)16-8-10-18(33-6)11-9-16/h8-14,30H,15H2,1-7H3/b23-22+. The fraction of sp³-hybridized carbons (Fsp3) is 0.370. The summed E-state index contributed by atoms with van der Waals surface area (Å²) in [6.07, 6.45) is 1.66. The Labute approximate surface area is 198 Å². The summed E-state index contributed by atoms with van der Waals surface area (Å²) in [5, 5.41) is 11.8. The molecule has 7 nitrogen and oxygen atoms in total. The molecule has 7 heteroatoms. The average molecular weight is 466 g/mol. The summed E-state index contributed by atoms with van der Waals surface area (Å²) in [6.45, 7) is 8.82. The van der Waals surface area contributed by atoms with E-state index in [1.54, 1.807) is 76.6 Å². The number of aliphatic hydroxyl groups is 1. The number of rotatable bonds is 6. The van der Waals surface area contributed by atoms with Crippen LogP contribution in [0.5, 0.6) is 5.75 Å². The summed E-state index contributed by atoms with van der Waals surface area (Å²) in [4.78, 5) is 38.5. The van der Waals surface area contributed by atoms with Crippen molar-refractivity contribution in [2.24, 2.45) is 10.8 Å². The third kappa shape index (κ3) is 4.55. The van der Waals surface area contributed by atoms with Gasteiger partial charge in [0.1, 0.15) is 11.5 Å². The predicted octanol–water partition coefficient (Wildman–Crippen LogP) is 3.71. The zero-order valence-electron chi connectivity index (χ0n) is 20.7. The second-order valence-corrected chi connectivity index (χ2v) is 10.0. The van der Waals surface area contributed by atoms with Crippen molar-refractivity contribution in [3.63, 3.8) is 0 Å². The van der Waals surface area contributed by atoms with Crippen molar-refractivity contribution < 1.29 is 24.2 Å². The third-order valence-electron chi connectivity index (χ3n) is 5.86. The number of ketones is 1. The molecule has 1 N–H and O–H groups in total. The van der Waals surface area contributed by atoms with Crippen molar-refractivity contribution in [1.29, 1.82) is 0 Å². The van der Waals surface area contributed by atoms with E-state index in [0.29, 0.717) is 33.3 Å². The Hall–Kier alpha value is -3.61. The van der Waals surface area contributed by atoms with E-state index in [1.165, 1.54) is 19.2 Å². The number of esters is 1. The molecule has 2 heterocycles. The van der Waals surface area contributed by atoms with Gasteiger partial charge in [-0.15, -0.1) is 0 Å². The number of Topliss-reactive ketones (excluding diaryl/α,β-unsaturated/α-hetero) is 1. The molecule has 0 unspecified atom stereocenters. The lowest BCUT2D eigenvalue weighted by Gasteiger charge is -2.23. The fourth-order valence-corrected chi connectivity index (χ4v) is 4.02. The summed E-state index contributed by atoms with van der Waals surface area (Å²) in [6, 6.07) is 9.61. The van der Waals surface area contributed by atoms with Crippen LogP contribution in [0.2, 0.25) is 0 Å². The Kier molecular flexibility index (Phi) is 6.60. The minimum Gasteiger partial charge on any atom is -0.505 e. The molecule has 0 saturated heterocycles. The van der Waals surface area contributed by atoms with Gasteiger partial charge < -0.3 is 19.0 Å². The number of nitrogens with zero attached hydrogens (tertiary/aromatic N) is 1. The minimum absolute atomic E-state index is 0.0834. The smallest absolute Gasteiger partial charge is 0.311 e. The highest BCUT2D eigenvalue weighted by atomic mass is 16.5. The molecular formula is C27H31NO6. The van der Waals surface area contributed by atoms with Crippen molar-refractivity contribution in [1.82, 2.24) is 4.40 Å². The van der Waals surface area contributed by atoms with Gasteiger partial charge in [0.15, 0.2) is 11.2 Å². The van der Waals surface area contributed by atoms with Gasteiger partial charge in [-0.2, -0.15) is 0 Å². The van der Waals surface area contributed by atoms with Gasteiger partial charge in [-0.1, -0.05) is 20.8 Å². The lowest BCUT2D eigenvalue weighted by Crippen LogP contribution is -2.32. The number of carbonyl (C=O) groups is 2. The first-order chi connectivity index (χ1) is 15.8. The van der Waals surface area contributed by atoms with Gasteiger partial charge in [-0.25, -0.2) is 0 Å². The molecule has 0 bridgehead atoms.